The highest BCUT2D eigenvalue weighted by Crippen LogP contribution is 2.52. The van der Waals surface area contributed by atoms with E-state index in [0.717, 1.165) is 23.4 Å². The number of nitrogens with one attached hydrogen (secondary N) is 2. The van der Waals surface area contributed by atoms with Crippen molar-refractivity contribution >= 4 is 28.3 Å². The SMILES string of the molecule is O=C1CCC(CC(=O)Nc2nc(C3CC4CCC3C4)cs2)CN1. The third-order valence-corrected chi connectivity index (χ3v) is 6.50. The maximum Gasteiger partial charge on any atom is 0.226 e. The molecule has 2 heterocycles. The molecule has 2 saturated carbocycles. The van der Waals surface area contributed by atoms with Crippen LogP contribution in [0.4, 0.5) is 5.13 Å². The van der Waals surface area contributed by atoms with Crippen molar-refractivity contribution in [3.05, 3.63) is 11.1 Å². The predicted molar refractivity (Wildman–Crippen MR) is 89.3 cm³/mol. The summed E-state index contributed by atoms with van der Waals surface area (Å²) in [6.07, 6.45) is 7.19. The van der Waals surface area contributed by atoms with Crippen LogP contribution in [0.3, 0.4) is 0 Å². The minimum atomic E-state index is 0.0139. The van der Waals surface area contributed by atoms with Gasteiger partial charge < -0.3 is 10.6 Å². The van der Waals surface area contributed by atoms with Gasteiger partial charge in [0.2, 0.25) is 11.8 Å². The second kappa shape index (κ2) is 6.23. The number of carbonyl (C=O) groups is 2. The van der Waals surface area contributed by atoms with Crippen LogP contribution in [0, 0.1) is 17.8 Å². The molecule has 23 heavy (non-hydrogen) atoms. The van der Waals surface area contributed by atoms with Gasteiger partial charge >= 0.3 is 0 Å². The summed E-state index contributed by atoms with van der Waals surface area (Å²) in [6, 6.07) is 0. The number of nitrogens with zero attached hydrogens (tertiary/aromatic N) is 1. The Morgan fingerprint density at radius 3 is 2.96 bits per heavy atom. The Balaban J connectivity index is 1.31. The molecule has 5 nitrogen and oxygen atoms in total. The summed E-state index contributed by atoms with van der Waals surface area (Å²) in [5, 5.41) is 8.63. The lowest BCUT2D eigenvalue weighted by molar-refractivity contribution is -0.124. The molecule has 6 heteroatoms. The van der Waals surface area contributed by atoms with Crippen LogP contribution in [-0.4, -0.2) is 23.3 Å². The van der Waals surface area contributed by atoms with Gasteiger partial charge in [-0.25, -0.2) is 4.98 Å². The Hall–Kier alpha value is -1.43. The van der Waals surface area contributed by atoms with Crippen LogP contribution in [0.25, 0.3) is 0 Å². The topological polar surface area (TPSA) is 71.1 Å². The second-order valence-electron chi connectivity index (χ2n) is 7.32. The normalized spacial score (nSPS) is 32.8. The molecule has 4 atom stereocenters. The second-order valence-corrected chi connectivity index (χ2v) is 8.18. The predicted octanol–water partition coefficient (Wildman–Crippen LogP) is 2.90. The van der Waals surface area contributed by atoms with Crippen LogP contribution in [0.15, 0.2) is 5.38 Å². The summed E-state index contributed by atoms with van der Waals surface area (Å²) in [5.74, 6) is 2.70. The summed E-state index contributed by atoms with van der Waals surface area (Å²) < 4.78 is 0. The Morgan fingerprint density at radius 2 is 2.26 bits per heavy atom. The fourth-order valence-electron chi connectivity index (χ4n) is 4.51. The number of hydrogen-bond donors (Lipinski definition) is 2. The summed E-state index contributed by atoms with van der Waals surface area (Å²) in [5.41, 5.74) is 1.18. The Bertz CT molecular complexity index is 605. The minimum Gasteiger partial charge on any atom is -0.356 e. The van der Waals surface area contributed by atoms with Gasteiger partial charge in [-0.3, -0.25) is 9.59 Å². The first-order valence-corrected chi connectivity index (χ1v) is 9.57. The highest BCUT2D eigenvalue weighted by atomic mass is 32.1. The van der Waals surface area contributed by atoms with Crippen molar-refractivity contribution in [2.75, 3.05) is 11.9 Å². The molecular formula is C17H23N3O2S. The lowest BCUT2D eigenvalue weighted by Crippen LogP contribution is -2.36. The van der Waals surface area contributed by atoms with Crippen LogP contribution in [0.5, 0.6) is 0 Å². The van der Waals surface area contributed by atoms with E-state index in [9.17, 15) is 9.59 Å². The number of rotatable bonds is 4. The van der Waals surface area contributed by atoms with Gasteiger partial charge in [-0.2, -0.15) is 0 Å². The van der Waals surface area contributed by atoms with E-state index in [4.69, 9.17) is 0 Å². The highest BCUT2D eigenvalue weighted by Gasteiger charge is 2.41. The van der Waals surface area contributed by atoms with E-state index in [-0.39, 0.29) is 17.7 Å². The molecule has 1 aromatic rings. The van der Waals surface area contributed by atoms with E-state index in [0.29, 0.717) is 25.3 Å². The molecule has 3 fully saturated rings. The summed E-state index contributed by atoms with van der Waals surface area (Å²) >= 11 is 1.54. The van der Waals surface area contributed by atoms with E-state index >= 15 is 0 Å². The van der Waals surface area contributed by atoms with Gasteiger partial charge in [0, 0.05) is 30.7 Å². The molecule has 4 rings (SSSR count). The monoisotopic (exact) mass is 333 g/mol. The van der Waals surface area contributed by atoms with Crippen molar-refractivity contribution in [1.82, 2.24) is 10.3 Å². The van der Waals surface area contributed by atoms with Gasteiger partial charge in [-0.1, -0.05) is 6.42 Å². The van der Waals surface area contributed by atoms with Crippen LogP contribution in [0.2, 0.25) is 0 Å². The number of aromatic nitrogens is 1. The van der Waals surface area contributed by atoms with Crippen molar-refractivity contribution in [1.29, 1.82) is 0 Å². The first-order valence-electron chi connectivity index (χ1n) is 8.69. The van der Waals surface area contributed by atoms with E-state index in [1.54, 1.807) is 11.3 Å². The van der Waals surface area contributed by atoms with Gasteiger partial charge in [0.15, 0.2) is 5.13 Å². The third kappa shape index (κ3) is 3.27. The summed E-state index contributed by atoms with van der Waals surface area (Å²) in [7, 11) is 0. The zero-order valence-corrected chi connectivity index (χ0v) is 14.0. The summed E-state index contributed by atoms with van der Waals surface area (Å²) in [6.45, 7) is 0.612. The van der Waals surface area contributed by atoms with Crippen molar-refractivity contribution in [2.24, 2.45) is 17.8 Å². The Labute approximate surface area is 140 Å². The van der Waals surface area contributed by atoms with Gasteiger partial charge in [0.25, 0.3) is 0 Å². The zero-order chi connectivity index (χ0) is 15.8. The van der Waals surface area contributed by atoms with E-state index < -0.39 is 0 Å². The maximum atomic E-state index is 12.2. The zero-order valence-electron chi connectivity index (χ0n) is 13.2. The van der Waals surface area contributed by atoms with E-state index in [1.807, 2.05) is 0 Å². The molecular weight excluding hydrogens is 310 g/mol. The molecule has 0 spiro atoms. The Morgan fingerprint density at radius 1 is 1.35 bits per heavy atom. The van der Waals surface area contributed by atoms with Gasteiger partial charge in [0.05, 0.1) is 5.69 Å². The molecule has 0 aromatic carbocycles. The van der Waals surface area contributed by atoms with Gasteiger partial charge in [-0.15, -0.1) is 11.3 Å². The molecule has 2 bridgehead atoms. The first kappa shape index (κ1) is 15.1. The van der Waals surface area contributed by atoms with Gasteiger partial charge in [0.1, 0.15) is 0 Å². The van der Waals surface area contributed by atoms with Crippen molar-refractivity contribution in [3.63, 3.8) is 0 Å². The smallest absolute Gasteiger partial charge is 0.226 e. The van der Waals surface area contributed by atoms with Crippen LogP contribution in [0.1, 0.15) is 56.6 Å². The number of anilines is 1. The number of fused-ring (bicyclic) bond motifs is 2. The summed E-state index contributed by atoms with van der Waals surface area (Å²) in [4.78, 5) is 28.0. The third-order valence-electron chi connectivity index (χ3n) is 5.73. The van der Waals surface area contributed by atoms with Crippen LogP contribution >= 0.6 is 11.3 Å². The number of amides is 2. The highest BCUT2D eigenvalue weighted by molar-refractivity contribution is 7.13. The molecule has 2 aliphatic carbocycles. The lowest BCUT2D eigenvalue weighted by Gasteiger charge is -2.21. The molecule has 2 amide bonds. The minimum absolute atomic E-state index is 0.0139. The number of thiazole rings is 1. The quantitative estimate of drug-likeness (QED) is 0.890. The molecule has 2 N–H and O–H groups in total. The maximum absolute atomic E-state index is 12.2. The molecule has 1 aliphatic heterocycles. The van der Waals surface area contributed by atoms with Crippen molar-refractivity contribution < 1.29 is 9.59 Å². The standard InChI is InChI=1S/C17H23N3O2S/c21-15-4-2-11(8-18-15)7-16(22)20-17-19-14(9-23-17)13-6-10-1-3-12(13)5-10/h9-13H,1-8H2,(H,18,21)(H,19,20,22). The molecule has 3 aliphatic rings. The van der Waals surface area contributed by atoms with E-state index in [1.165, 1.54) is 31.4 Å². The fraction of sp³-hybridized carbons (Fsp3) is 0.706. The molecule has 1 saturated heterocycles. The molecule has 1 aromatic heterocycles. The van der Waals surface area contributed by atoms with Crippen molar-refractivity contribution in [2.45, 2.75) is 50.9 Å². The number of piperidine rings is 1. The number of carbonyl (C=O) groups excluding carboxylic acids is 2. The van der Waals surface area contributed by atoms with E-state index in [2.05, 4.69) is 21.0 Å². The number of hydrogen-bond acceptors (Lipinski definition) is 4. The molecule has 0 radical (unpaired) electrons. The average molecular weight is 333 g/mol. The fourth-order valence-corrected chi connectivity index (χ4v) is 5.30. The molecule has 124 valence electrons. The van der Waals surface area contributed by atoms with Crippen LogP contribution < -0.4 is 10.6 Å². The largest absolute Gasteiger partial charge is 0.356 e. The molecule has 4 unspecified atom stereocenters. The lowest BCUT2D eigenvalue weighted by atomic mass is 9.87. The average Bonchev–Trinajstić information content (AvgIpc) is 3.25. The van der Waals surface area contributed by atoms with Gasteiger partial charge in [-0.05, 0) is 43.4 Å². The van der Waals surface area contributed by atoms with Crippen molar-refractivity contribution in [3.8, 4) is 0 Å². The van der Waals surface area contributed by atoms with Crippen LogP contribution in [-0.2, 0) is 9.59 Å². The Kier molecular flexibility index (Phi) is 4.09. The first-order chi connectivity index (χ1) is 11.2.